The van der Waals surface area contributed by atoms with Crippen molar-refractivity contribution in [2.45, 2.75) is 6.04 Å². The maximum absolute atomic E-state index is 11.3. The molecule has 1 unspecified atom stereocenters. The second-order valence-electron chi connectivity index (χ2n) is 3.82. The van der Waals surface area contributed by atoms with Crippen molar-refractivity contribution in [2.75, 3.05) is 20.3 Å². The Bertz CT molecular complexity index is 344. The molecule has 1 aromatic heterocycles. The summed E-state index contributed by atoms with van der Waals surface area (Å²) >= 11 is 0. The van der Waals surface area contributed by atoms with E-state index in [2.05, 4.69) is 10.3 Å². The molecule has 0 saturated carbocycles. The largest absolute Gasteiger partial charge is 0.481 e. The van der Waals surface area contributed by atoms with Gasteiger partial charge < -0.3 is 20.1 Å². The number of hydrogen-bond acceptors (Lipinski definition) is 3. The highest BCUT2D eigenvalue weighted by molar-refractivity contribution is 5.77. The Morgan fingerprint density at radius 3 is 2.80 bits per heavy atom. The van der Waals surface area contributed by atoms with E-state index in [9.17, 15) is 9.90 Å². The van der Waals surface area contributed by atoms with Crippen LogP contribution in [0.2, 0.25) is 0 Å². The van der Waals surface area contributed by atoms with Gasteiger partial charge in [0.25, 0.3) is 0 Å². The van der Waals surface area contributed by atoms with Gasteiger partial charge >= 0.3 is 5.97 Å². The Balaban J connectivity index is 2.29. The molecular formula is C10H14N2O3. The number of H-pyrrole nitrogens is 1. The molecule has 1 fully saturated rings. The van der Waals surface area contributed by atoms with Gasteiger partial charge in [0, 0.05) is 12.4 Å². The zero-order valence-electron chi connectivity index (χ0n) is 8.49. The van der Waals surface area contributed by atoms with Crippen LogP contribution in [0, 0.1) is 5.41 Å². The van der Waals surface area contributed by atoms with Crippen molar-refractivity contribution in [2.24, 2.45) is 5.41 Å². The second kappa shape index (κ2) is 3.67. The molecule has 1 atom stereocenters. The summed E-state index contributed by atoms with van der Waals surface area (Å²) in [5.74, 6) is -0.811. The first kappa shape index (κ1) is 10.2. The summed E-state index contributed by atoms with van der Waals surface area (Å²) < 4.78 is 5.05. The summed E-state index contributed by atoms with van der Waals surface area (Å²) in [5.41, 5.74) is 0.125. The molecule has 3 N–H and O–H groups in total. The number of aliphatic carboxylic acids is 1. The fraction of sp³-hybridized carbons (Fsp3) is 0.500. The fourth-order valence-corrected chi connectivity index (χ4v) is 2.01. The summed E-state index contributed by atoms with van der Waals surface area (Å²) in [4.78, 5) is 14.2. The molecule has 1 saturated heterocycles. The molecule has 1 aliphatic rings. The van der Waals surface area contributed by atoms with Crippen LogP contribution in [0.25, 0.3) is 0 Å². The summed E-state index contributed by atoms with van der Waals surface area (Å²) in [6, 6.07) is 1.67. The van der Waals surface area contributed by atoms with E-state index >= 15 is 0 Å². The van der Waals surface area contributed by atoms with E-state index in [1.807, 2.05) is 12.3 Å². The molecule has 2 rings (SSSR count). The Kier molecular flexibility index (Phi) is 2.50. The molecule has 82 valence electrons. The summed E-state index contributed by atoms with van der Waals surface area (Å²) in [6.07, 6.45) is 3.60. The van der Waals surface area contributed by atoms with Gasteiger partial charge in [-0.2, -0.15) is 0 Å². The molecule has 0 spiro atoms. The predicted molar refractivity (Wildman–Crippen MR) is 53.5 cm³/mol. The van der Waals surface area contributed by atoms with Crippen LogP contribution in [0.3, 0.4) is 0 Å². The molecule has 0 bridgehead atoms. The van der Waals surface area contributed by atoms with Crippen LogP contribution in [0.4, 0.5) is 0 Å². The number of carboxylic acids is 1. The van der Waals surface area contributed by atoms with Gasteiger partial charge in [0.15, 0.2) is 0 Å². The highest BCUT2D eigenvalue weighted by atomic mass is 16.5. The lowest BCUT2D eigenvalue weighted by Gasteiger charge is -2.43. The number of nitrogens with one attached hydrogen (secondary N) is 2. The van der Waals surface area contributed by atoms with E-state index in [0.717, 1.165) is 5.56 Å². The number of hydrogen-bond donors (Lipinski definition) is 3. The molecule has 1 aliphatic heterocycles. The minimum Gasteiger partial charge on any atom is -0.481 e. The van der Waals surface area contributed by atoms with Gasteiger partial charge in [0.05, 0.1) is 19.3 Å². The highest BCUT2D eigenvalue weighted by Gasteiger charge is 2.52. The van der Waals surface area contributed by atoms with Gasteiger partial charge in [-0.3, -0.25) is 4.79 Å². The third-order valence-corrected chi connectivity index (χ3v) is 2.94. The van der Waals surface area contributed by atoms with Crippen molar-refractivity contribution >= 4 is 5.97 Å². The first-order valence-electron chi connectivity index (χ1n) is 4.82. The third kappa shape index (κ3) is 1.44. The Hall–Kier alpha value is -1.33. The van der Waals surface area contributed by atoms with Crippen molar-refractivity contribution in [3.63, 3.8) is 0 Å². The molecule has 0 amide bonds. The molecule has 2 heterocycles. The fourth-order valence-electron chi connectivity index (χ4n) is 2.01. The van der Waals surface area contributed by atoms with Crippen LogP contribution in [0.15, 0.2) is 18.5 Å². The monoisotopic (exact) mass is 210 g/mol. The van der Waals surface area contributed by atoms with Crippen molar-refractivity contribution in [1.82, 2.24) is 10.3 Å². The standard InChI is InChI=1S/C10H14N2O3/c1-11-8(7-2-3-12-4-7)10(9(13)14)5-15-6-10/h2-4,8,11-12H,5-6H2,1H3,(H,13,14). The molecule has 5 nitrogen and oxygen atoms in total. The molecule has 1 aromatic rings. The normalized spacial score (nSPS) is 20.6. The first-order valence-corrected chi connectivity index (χ1v) is 4.82. The topological polar surface area (TPSA) is 74.4 Å². The lowest BCUT2D eigenvalue weighted by atomic mass is 9.76. The number of aromatic nitrogens is 1. The number of rotatable bonds is 4. The van der Waals surface area contributed by atoms with E-state index in [-0.39, 0.29) is 19.3 Å². The van der Waals surface area contributed by atoms with Crippen molar-refractivity contribution < 1.29 is 14.6 Å². The lowest BCUT2D eigenvalue weighted by Crippen LogP contribution is -2.56. The van der Waals surface area contributed by atoms with Gasteiger partial charge in [-0.15, -0.1) is 0 Å². The molecular weight excluding hydrogens is 196 g/mol. The number of carboxylic acid groups (broad SMARTS) is 1. The van der Waals surface area contributed by atoms with Gasteiger partial charge in [-0.25, -0.2) is 0 Å². The van der Waals surface area contributed by atoms with E-state index < -0.39 is 11.4 Å². The van der Waals surface area contributed by atoms with Crippen LogP contribution in [-0.4, -0.2) is 36.3 Å². The second-order valence-corrected chi connectivity index (χ2v) is 3.82. The SMILES string of the molecule is CNC(c1cc[nH]c1)C1(C(=O)O)COC1. The predicted octanol–water partition coefficient (Wildman–Crippen LogP) is 0.376. The summed E-state index contributed by atoms with van der Waals surface area (Å²) in [6.45, 7) is 0.526. The zero-order valence-corrected chi connectivity index (χ0v) is 8.49. The molecule has 5 heteroatoms. The van der Waals surface area contributed by atoms with Crippen molar-refractivity contribution in [1.29, 1.82) is 0 Å². The van der Waals surface area contributed by atoms with Crippen molar-refractivity contribution in [3.8, 4) is 0 Å². The molecule has 0 radical (unpaired) electrons. The minimum absolute atomic E-state index is 0.213. The average molecular weight is 210 g/mol. The Morgan fingerprint density at radius 2 is 2.47 bits per heavy atom. The van der Waals surface area contributed by atoms with Gasteiger partial charge in [0.2, 0.25) is 0 Å². The Morgan fingerprint density at radius 1 is 1.73 bits per heavy atom. The Labute approximate surface area is 87.4 Å². The van der Waals surface area contributed by atoms with Crippen LogP contribution < -0.4 is 5.32 Å². The average Bonchev–Trinajstić information content (AvgIpc) is 2.62. The maximum Gasteiger partial charge on any atom is 0.316 e. The van der Waals surface area contributed by atoms with Gasteiger partial charge in [-0.1, -0.05) is 0 Å². The summed E-state index contributed by atoms with van der Waals surface area (Å²) in [5, 5.41) is 12.3. The smallest absolute Gasteiger partial charge is 0.316 e. The number of carbonyl (C=O) groups is 1. The summed E-state index contributed by atoms with van der Waals surface area (Å²) in [7, 11) is 1.76. The van der Waals surface area contributed by atoms with Crippen LogP contribution in [0.1, 0.15) is 11.6 Å². The first-order chi connectivity index (χ1) is 7.20. The quantitative estimate of drug-likeness (QED) is 0.671. The minimum atomic E-state index is -0.822. The van der Waals surface area contributed by atoms with E-state index in [1.165, 1.54) is 0 Å². The molecule has 0 aromatic carbocycles. The third-order valence-electron chi connectivity index (χ3n) is 2.94. The zero-order chi connectivity index (χ0) is 10.9. The molecule has 15 heavy (non-hydrogen) atoms. The van der Waals surface area contributed by atoms with Crippen LogP contribution >= 0.6 is 0 Å². The number of ether oxygens (including phenoxy) is 1. The van der Waals surface area contributed by atoms with Crippen molar-refractivity contribution in [3.05, 3.63) is 24.0 Å². The lowest BCUT2D eigenvalue weighted by molar-refractivity contribution is -0.186. The van der Waals surface area contributed by atoms with Gasteiger partial charge in [0.1, 0.15) is 5.41 Å². The van der Waals surface area contributed by atoms with E-state index in [1.54, 1.807) is 13.2 Å². The van der Waals surface area contributed by atoms with E-state index in [4.69, 9.17) is 4.74 Å². The van der Waals surface area contributed by atoms with Crippen LogP contribution in [0.5, 0.6) is 0 Å². The maximum atomic E-state index is 11.3. The highest BCUT2D eigenvalue weighted by Crippen LogP contribution is 2.40. The number of aromatic amines is 1. The van der Waals surface area contributed by atoms with Gasteiger partial charge in [-0.05, 0) is 18.7 Å². The molecule has 0 aliphatic carbocycles. The van der Waals surface area contributed by atoms with E-state index in [0.29, 0.717) is 0 Å². The van der Waals surface area contributed by atoms with Crippen LogP contribution in [-0.2, 0) is 9.53 Å².